The van der Waals surface area contributed by atoms with Crippen LogP contribution in [0.2, 0.25) is 0 Å². The summed E-state index contributed by atoms with van der Waals surface area (Å²) in [4.78, 5) is 36.5. The summed E-state index contributed by atoms with van der Waals surface area (Å²) < 4.78 is 5.44. The largest absolute Gasteiger partial charge is 0.379 e. The summed E-state index contributed by atoms with van der Waals surface area (Å²) in [7, 11) is 0. The Labute approximate surface area is 208 Å². The lowest BCUT2D eigenvalue weighted by molar-refractivity contribution is -0.140. The summed E-state index contributed by atoms with van der Waals surface area (Å²) in [5.74, 6) is 0.178. The van der Waals surface area contributed by atoms with Crippen molar-refractivity contribution in [1.29, 1.82) is 0 Å². The van der Waals surface area contributed by atoms with Gasteiger partial charge >= 0.3 is 0 Å². The van der Waals surface area contributed by atoms with E-state index in [9.17, 15) is 9.59 Å². The van der Waals surface area contributed by atoms with E-state index in [1.165, 1.54) is 0 Å². The fourth-order valence-corrected chi connectivity index (χ4v) is 4.73. The zero-order valence-corrected chi connectivity index (χ0v) is 20.4. The third kappa shape index (κ3) is 7.73. The van der Waals surface area contributed by atoms with Crippen molar-refractivity contribution in [2.24, 2.45) is 5.92 Å². The molecule has 0 radical (unpaired) electrons. The fraction of sp³-hybridized carbons (Fsp3) is 0.464. The molecule has 3 heterocycles. The summed E-state index contributed by atoms with van der Waals surface area (Å²) in [5.41, 5.74) is 2.10. The SMILES string of the molecule is O=C(/C=C/c1ccccc1)N1CCC(C(=O)N(CCCN2CCOCC2)Cc2ccncc2)CC1. The molecule has 1 aromatic heterocycles. The molecule has 0 spiro atoms. The smallest absolute Gasteiger partial charge is 0.246 e. The zero-order chi connectivity index (χ0) is 24.3. The molecule has 0 saturated carbocycles. The van der Waals surface area contributed by atoms with Crippen LogP contribution >= 0.6 is 0 Å². The number of aromatic nitrogens is 1. The van der Waals surface area contributed by atoms with E-state index in [0.29, 0.717) is 32.5 Å². The molecule has 7 nitrogen and oxygen atoms in total. The molecular formula is C28H36N4O3. The van der Waals surface area contributed by atoms with Crippen LogP contribution in [0.3, 0.4) is 0 Å². The number of nitrogens with zero attached hydrogens (tertiary/aromatic N) is 4. The quantitative estimate of drug-likeness (QED) is 0.521. The molecule has 4 rings (SSSR count). The molecular weight excluding hydrogens is 440 g/mol. The van der Waals surface area contributed by atoms with Crippen LogP contribution in [-0.4, -0.2) is 84.0 Å². The zero-order valence-electron chi connectivity index (χ0n) is 20.4. The highest BCUT2D eigenvalue weighted by molar-refractivity contribution is 5.92. The lowest BCUT2D eigenvalue weighted by Gasteiger charge is -2.34. The Morgan fingerprint density at radius 1 is 1.00 bits per heavy atom. The third-order valence-electron chi connectivity index (χ3n) is 6.81. The first-order chi connectivity index (χ1) is 17.2. The second-order valence-electron chi connectivity index (χ2n) is 9.27. The minimum atomic E-state index is -0.0395. The van der Waals surface area contributed by atoms with Crippen molar-refractivity contribution < 1.29 is 14.3 Å². The van der Waals surface area contributed by atoms with Crippen molar-refractivity contribution in [2.75, 3.05) is 52.5 Å². The Hall–Kier alpha value is -3.03. The topological polar surface area (TPSA) is 66.0 Å². The van der Waals surface area contributed by atoms with Gasteiger partial charge in [-0.3, -0.25) is 19.5 Å². The maximum Gasteiger partial charge on any atom is 0.246 e. The molecule has 0 aliphatic carbocycles. The number of rotatable bonds is 9. The van der Waals surface area contributed by atoms with Crippen molar-refractivity contribution in [2.45, 2.75) is 25.8 Å². The molecule has 186 valence electrons. The molecule has 2 aliphatic rings. The van der Waals surface area contributed by atoms with Crippen LogP contribution in [0.1, 0.15) is 30.4 Å². The van der Waals surface area contributed by atoms with E-state index in [4.69, 9.17) is 4.74 Å². The fourth-order valence-electron chi connectivity index (χ4n) is 4.73. The summed E-state index contributed by atoms with van der Waals surface area (Å²) >= 11 is 0. The average molecular weight is 477 g/mol. The molecule has 2 aliphatic heterocycles. The maximum atomic E-state index is 13.5. The molecule has 2 amide bonds. The first-order valence-corrected chi connectivity index (χ1v) is 12.7. The first kappa shape index (κ1) is 25.1. The van der Waals surface area contributed by atoms with Crippen molar-refractivity contribution >= 4 is 17.9 Å². The minimum Gasteiger partial charge on any atom is -0.379 e. The van der Waals surface area contributed by atoms with Crippen LogP contribution in [0.5, 0.6) is 0 Å². The van der Waals surface area contributed by atoms with E-state index in [-0.39, 0.29) is 17.7 Å². The first-order valence-electron chi connectivity index (χ1n) is 12.7. The molecule has 2 saturated heterocycles. The van der Waals surface area contributed by atoms with Crippen LogP contribution < -0.4 is 0 Å². The molecule has 7 heteroatoms. The Bertz CT molecular complexity index is 953. The van der Waals surface area contributed by atoms with Crippen molar-refractivity contribution in [3.8, 4) is 0 Å². The van der Waals surface area contributed by atoms with Crippen molar-refractivity contribution in [1.82, 2.24) is 19.7 Å². The summed E-state index contributed by atoms with van der Waals surface area (Å²) in [6.45, 7) is 7.05. The van der Waals surface area contributed by atoms with E-state index in [2.05, 4.69) is 9.88 Å². The van der Waals surface area contributed by atoms with Crippen molar-refractivity contribution in [3.63, 3.8) is 0 Å². The predicted octanol–water partition coefficient (Wildman–Crippen LogP) is 3.08. The summed E-state index contributed by atoms with van der Waals surface area (Å²) in [5, 5.41) is 0. The molecule has 0 unspecified atom stereocenters. The van der Waals surface area contributed by atoms with Crippen LogP contribution in [0, 0.1) is 5.92 Å². The van der Waals surface area contributed by atoms with Crippen molar-refractivity contribution in [3.05, 3.63) is 72.1 Å². The van der Waals surface area contributed by atoms with Gasteiger partial charge in [0.15, 0.2) is 0 Å². The minimum absolute atomic E-state index is 0.0129. The van der Waals surface area contributed by atoms with E-state index < -0.39 is 0 Å². The highest BCUT2D eigenvalue weighted by Crippen LogP contribution is 2.22. The molecule has 0 atom stereocenters. The normalized spacial score (nSPS) is 17.5. The van der Waals surface area contributed by atoms with Gasteiger partial charge < -0.3 is 14.5 Å². The average Bonchev–Trinajstić information content (AvgIpc) is 2.92. The van der Waals surface area contributed by atoms with Gasteiger partial charge in [-0.1, -0.05) is 30.3 Å². The lowest BCUT2D eigenvalue weighted by Crippen LogP contribution is -2.44. The number of likely N-dealkylation sites (tertiary alicyclic amines) is 1. The Morgan fingerprint density at radius 2 is 1.71 bits per heavy atom. The monoisotopic (exact) mass is 476 g/mol. The standard InChI is InChI=1S/C28H36N4O3/c33-27(8-7-24-5-2-1-3-6-24)31-17-11-26(12-18-31)28(34)32(23-25-9-13-29-14-10-25)16-4-15-30-19-21-35-22-20-30/h1-3,5-10,13-14,26H,4,11-12,15-23H2/b8-7+. The van der Waals surface area contributed by atoms with Gasteiger partial charge in [-0.05, 0) is 48.6 Å². The number of pyridine rings is 1. The Morgan fingerprint density at radius 3 is 2.43 bits per heavy atom. The van der Waals surface area contributed by atoms with Gasteiger partial charge in [0, 0.05) is 70.2 Å². The number of piperidine rings is 1. The van der Waals surface area contributed by atoms with Gasteiger partial charge in [-0.15, -0.1) is 0 Å². The van der Waals surface area contributed by atoms with E-state index in [1.807, 2.05) is 58.3 Å². The Balaban J connectivity index is 1.30. The van der Waals surface area contributed by atoms with Crippen LogP contribution in [-0.2, 0) is 20.9 Å². The number of benzene rings is 1. The number of amides is 2. The number of ether oxygens (including phenoxy) is 1. The van der Waals surface area contributed by atoms with E-state index >= 15 is 0 Å². The number of hydrogen-bond acceptors (Lipinski definition) is 5. The lowest BCUT2D eigenvalue weighted by atomic mass is 9.94. The van der Waals surface area contributed by atoms with E-state index in [0.717, 1.165) is 56.9 Å². The van der Waals surface area contributed by atoms with Gasteiger partial charge in [-0.25, -0.2) is 0 Å². The van der Waals surface area contributed by atoms with E-state index in [1.54, 1.807) is 18.5 Å². The second-order valence-corrected chi connectivity index (χ2v) is 9.27. The molecule has 0 bridgehead atoms. The molecule has 2 aromatic rings. The third-order valence-corrected chi connectivity index (χ3v) is 6.81. The molecule has 1 aromatic carbocycles. The Kier molecular flexibility index (Phi) is 9.43. The number of carbonyl (C=O) groups is 2. The second kappa shape index (κ2) is 13.2. The van der Waals surface area contributed by atoms with Gasteiger partial charge in [0.1, 0.15) is 0 Å². The number of hydrogen-bond donors (Lipinski definition) is 0. The number of carbonyl (C=O) groups excluding carboxylic acids is 2. The highest BCUT2D eigenvalue weighted by atomic mass is 16.5. The van der Waals surface area contributed by atoms with Gasteiger partial charge in [0.2, 0.25) is 11.8 Å². The molecule has 35 heavy (non-hydrogen) atoms. The highest BCUT2D eigenvalue weighted by Gasteiger charge is 2.30. The predicted molar refractivity (Wildman–Crippen MR) is 136 cm³/mol. The maximum absolute atomic E-state index is 13.5. The van der Waals surface area contributed by atoms with Gasteiger partial charge in [0.05, 0.1) is 13.2 Å². The molecule has 0 N–H and O–H groups in total. The van der Waals surface area contributed by atoms with Crippen LogP contribution in [0.4, 0.5) is 0 Å². The number of morpholine rings is 1. The summed E-state index contributed by atoms with van der Waals surface area (Å²) in [6.07, 6.45) is 9.40. The van der Waals surface area contributed by atoms with Gasteiger partial charge in [-0.2, -0.15) is 0 Å². The van der Waals surface area contributed by atoms with Crippen LogP contribution in [0.15, 0.2) is 60.9 Å². The summed E-state index contributed by atoms with van der Waals surface area (Å²) in [6, 6.07) is 13.8. The molecule has 2 fully saturated rings. The van der Waals surface area contributed by atoms with Crippen LogP contribution in [0.25, 0.3) is 6.08 Å². The van der Waals surface area contributed by atoms with Gasteiger partial charge in [0.25, 0.3) is 0 Å².